The van der Waals surface area contributed by atoms with E-state index >= 15 is 0 Å². The van der Waals surface area contributed by atoms with Crippen LogP contribution >= 0.6 is 0 Å². The summed E-state index contributed by atoms with van der Waals surface area (Å²) in [5.74, 6) is 1.01. The van der Waals surface area contributed by atoms with Crippen molar-refractivity contribution in [2.24, 2.45) is 11.8 Å². The van der Waals surface area contributed by atoms with E-state index in [0.717, 1.165) is 31.9 Å². The lowest BCUT2D eigenvalue weighted by molar-refractivity contribution is 0.0751. The third kappa shape index (κ3) is 3.36. The molecule has 0 aliphatic carbocycles. The average molecular weight is 448 g/mol. The lowest BCUT2D eigenvalue weighted by Crippen LogP contribution is -2.30. The van der Waals surface area contributed by atoms with Gasteiger partial charge < -0.3 is 18.9 Å². The maximum absolute atomic E-state index is 14.2. The minimum atomic E-state index is -0.484. The van der Waals surface area contributed by atoms with Crippen LogP contribution in [0.3, 0.4) is 0 Å². The molecule has 2 atom stereocenters. The summed E-state index contributed by atoms with van der Waals surface area (Å²) >= 11 is 0. The number of halogens is 1. The van der Waals surface area contributed by atoms with E-state index in [0.29, 0.717) is 45.5 Å². The molecule has 0 saturated carbocycles. The van der Waals surface area contributed by atoms with E-state index in [4.69, 9.17) is 14.0 Å². The van der Waals surface area contributed by atoms with Crippen molar-refractivity contribution in [3.05, 3.63) is 53.8 Å². The van der Waals surface area contributed by atoms with Gasteiger partial charge >= 0.3 is 0 Å². The lowest BCUT2D eigenvalue weighted by Gasteiger charge is -2.17. The molecule has 2 aromatic carbocycles. The van der Waals surface area contributed by atoms with Crippen molar-refractivity contribution >= 4 is 16.8 Å². The molecule has 6 rings (SSSR count). The van der Waals surface area contributed by atoms with Gasteiger partial charge in [-0.3, -0.25) is 9.89 Å². The fourth-order valence-electron chi connectivity index (χ4n) is 4.70. The molecule has 168 valence electrons. The highest BCUT2D eigenvalue weighted by molar-refractivity contribution is 5.95. The van der Waals surface area contributed by atoms with Gasteiger partial charge in [-0.2, -0.15) is 5.10 Å². The zero-order valence-corrected chi connectivity index (χ0v) is 17.9. The van der Waals surface area contributed by atoms with Crippen molar-refractivity contribution < 1.29 is 23.2 Å². The first-order valence-electron chi connectivity index (χ1n) is 10.8. The SMILES string of the molecule is COc1cc2[nH]nc(-c3cc(-c4ccc(C(=O)N5C[C@H]6COC[C@H]6C5)cc4)no3)c2cc1F. The van der Waals surface area contributed by atoms with Crippen LogP contribution in [0.25, 0.3) is 33.6 Å². The molecule has 2 aliphatic rings. The minimum absolute atomic E-state index is 0.0391. The third-order valence-corrected chi connectivity index (χ3v) is 6.53. The summed E-state index contributed by atoms with van der Waals surface area (Å²) in [5, 5.41) is 11.8. The Morgan fingerprint density at radius 1 is 1.15 bits per heavy atom. The highest BCUT2D eigenvalue weighted by Crippen LogP contribution is 2.33. The standard InChI is InChI=1S/C24H21FN4O4/c1-31-21-8-20-17(6-18(21)25)23(27-26-20)22-7-19(28-33-22)13-2-4-14(5-3-13)24(30)29-9-15-11-32-12-16(15)10-29/h2-8,15-16H,9-12H2,1H3,(H,26,27)/t15-,16+. The van der Waals surface area contributed by atoms with Gasteiger partial charge in [0.05, 0.1) is 25.8 Å². The second-order valence-electron chi connectivity index (χ2n) is 8.53. The molecular formula is C24H21FN4O4. The molecule has 0 unspecified atom stereocenters. The number of H-pyrrole nitrogens is 1. The summed E-state index contributed by atoms with van der Waals surface area (Å²) in [6.45, 7) is 2.99. The van der Waals surface area contributed by atoms with Crippen LogP contribution in [0.1, 0.15) is 10.4 Å². The van der Waals surface area contributed by atoms with Gasteiger partial charge in [-0.05, 0) is 18.2 Å². The quantitative estimate of drug-likeness (QED) is 0.511. The van der Waals surface area contributed by atoms with Gasteiger partial charge in [0, 0.05) is 53.6 Å². The van der Waals surface area contributed by atoms with Crippen molar-refractivity contribution in [2.75, 3.05) is 33.4 Å². The fourth-order valence-corrected chi connectivity index (χ4v) is 4.70. The van der Waals surface area contributed by atoms with Gasteiger partial charge in [0.1, 0.15) is 11.4 Å². The number of ether oxygens (including phenoxy) is 2. The van der Waals surface area contributed by atoms with Crippen LogP contribution in [-0.2, 0) is 4.74 Å². The normalized spacial score (nSPS) is 19.9. The van der Waals surface area contributed by atoms with E-state index in [1.165, 1.54) is 13.2 Å². The molecule has 9 heteroatoms. The topological polar surface area (TPSA) is 93.5 Å². The van der Waals surface area contributed by atoms with E-state index in [2.05, 4.69) is 15.4 Å². The molecule has 0 bridgehead atoms. The van der Waals surface area contributed by atoms with Crippen molar-refractivity contribution in [3.8, 4) is 28.5 Å². The maximum Gasteiger partial charge on any atom is 0.253 e. The number of methoxy groups -OCH3 is 1. The molecule has 1 N–H and O–H groups in total. The molecule has 4 heterocycles. The van der Waals surface area contributed by atoms with Gasteiger partial charge in [0.2, 0.25) is 0 Å². The summed E-state index contributed by atoms with van der Waals surface area (Å²) < 4.78 is 30.2. The number of aromatic nitrogens is 3. The minimum Gasteiger partial charge on any atom is -0.494 e. The number of nitrogens with zero attached hydrogens (tertiary/aromatic N) is 3. The Morgan fingerprint density at radius 2 is 1.91 bits per heavy atom. The van der Waals surface area contributed by atoms with Gasteiger partial charge in [0.25, 0.3) is 5.91 Å². The summed E-state index contributed by atoms with van der Waals surface area (Å²) in [6, 6.07) is 12.0. The monoisotopic (exact) mass is 448 g/mol. The van der Waals surface area contributed by atoms with Crippen molar-refractivity contribution in [1.82, 2.24) is 20.3 Å². The fraction of sp³-hybridized carbons (Fsp3) is 0.292. The second kappa shape index (κ2) is 7.70. The number of fused-ring (bicyclic) bond motifs is 2. The number of nitrogens with one attached hydrogen (secondary N) is 1. The van der Waals surface area contributed by atoms with Crippen LogP contribution < -0.4 is 4.74 Å². The van der Waals surface area contributed by atoms with Crippen LogP contribution in [0.4, 0.5) is 4.39 Å². The first-order chi connectivity index (χ1) is 16.1. The predicted molar refractivity (Wildman–Crippen MR) is 117 cm³/mol. The van der Waals surface area contributed by atoms with Crippen LogP contribution in [0.5, 0.6) is 5.75 Å². The largest absolute Gasteiger partial charge is 0.494 e. The number of rotatable bonds is 4. The van der Waals surface area contributed by atoms with Crippen molar-refractivity contribution in [1.29, 1.82) is 0 Å². The highest BCUT2D eigenvalue weighted by Gasteiger charge is 2.39. The molecule has 4 aromatic rings. The molecule has 0 radical (unpaired) electrons. The van der Waals surface area contributed by atoms with Crippen LogP contribution in [0.2, 0.25) is 0 Å². The smallest absolute Gasteiger partial charge is 0.253 e. The predicted octanol–water partition coefficient (Wildman–Crippen LogP) is 3.75. The molecule has 2 aliphatic heterocycles. The first-order valence-corrected chi connectivity index (χ1v) is 10.8. The van der Waals surface area contributed by atoms with E-state index in [1.807, 2.05) is 29.2 Å². The van der Waals surface area contributed by atoms with Gasteiger partial charge in [0.15, 0.2) is 17.3 Å². The molecule has 2 aromatic heterocycles. The number of amides is 1. The van der Waals surface area contributed by atoms with Crippen molar-refractivity contribution in [3.63, 3.8) is 0 Å². The Bertz CT molecular complexity index is 1330. The van der Waals surface area contributed by atoms with Crippen LogP contribution in [-0.4, -0.2) is 59.6 Å². The Hall–Kier alpha value is -3.72. The second-order valence-corrected chi connectivity index (χ2v) is 8.53. The zero-order chi connectivity index (χ0) is 22.5. The van der Waals surface area contributed by atoms with Crippen molar-refractivity contribution in [2.45, 2.75) is 0 Å². The molecule has 1 amide bonds. The number of carbonyl (C=O) groups excluding carboxylic acids is 1. The van der Waals surface area contributed by atoms with Crippen LogP contribution in [0, 0.1) is 17.7 Å². The van der Waals surface area contributed by atoms with E-state index in [1.54, 1.807) is 12.1 Å². The molecule has 2 saturated heterocycles. The van der Waals surface area contributed by atoms with E-state index in [9.17, 15) is 9.18 Å². The Balaban J connectivity index is 1.23. The van der Waals surface area contributed by atoms with Gasteiger partial charge in [-0.1, -0.05) is 17.3 Å². The lowest BCUT2D eigenvalue weighted by atomic mass is 10.0. The zero-order valence-electron chi connectivity index (χ0n) is 17.9. The average Bonchev–Trinajstić information content (AvgIpc) is 3.61. The highest BCUT2D eigenvalue weighted by atomic mass is 19.1. The summed E-state index contributed by atoms with van der Waals surface area (Å²) in [5.41, 5.74) is 3.14. The summed E-state index contributed by atoms with van der Waals surface area (Å²) in [7, 11) is 1.41. The number of carbonyl (C=O) groups is 1. The Morgan fingerprint density at radius 3 is 2.64 bits per heavy atom. The first kappa shape index (κ1) is 19.9. The Kier molecular flexibility index (Phi) is 4.65. The number of benzene rings is 2. The van der Waals surface area contributed by atoms with E-state index < -0.39 is 5.82 Å². The van der Waals surface area contributed by atoms with E-state index in [-0.39, 0.29) is 11.7 Å². The Labute approximate surface area is 188 Å². The molecular weight excluding hydrogens is 427 g/mol. The third-order valence-electron chi connectivity index (χ3n) is 6.53. The van der Waals surface area contributed by atoms with Crippen LogP contribution in [0.15, 0.2) is 47.0 Å². The van der Waals surface area contributed by atoms with Gasteiger partial charge in [-0.25, -0.2) is 4.39 Å². The number of likely N-dealkylation sites (tertiary alicyclic amines) is 1. The maximum atomic E-state index is 14.2. The number of aromatic amines is 1. The molecule has 2 fully saturated rings. The molecule has 33 heavy (non-hydrogen) atoms. The van der Waals surface area contributed by atoms with Gasteiger partial charge in [-0.15, -0.1) is 0 Å². The number of hydrogen-bond donors (Lipinski definition) is 1. The summed E-state index contributed by atoms with van der Waals surface area (Å²) in [6.07, 6.45) is 0. The molecule has 0 spiro atoms. The summed E-state index contributed by atoms with van der Waals surface area (Å²) in [4.78, 5) is 14.8. The molecule has 8 nitrogen and oxygen atoms in total. The number of hydrogen-bond acceptors (Lipinski definition) is 6.